The van der Waals surface area contributed by atoms with Crippen molar-refractivity contribution in [3.8, 4) is 34.8 Å². The molecule has 0 bridgehead atoms. The molecule has 2 atom stereocenters. The number of nitriles is 2. The standard InChI is InChI=1S/C26H26FN3O3/c1-17(2)10-20(15-29)26(31)30-9-8-25(23(27)16-30)33-21-12-18(14-28)11-19(13-21)22-6-4-5-7-24(22)32-3/h4-7,10-13,17,23,25H,8-9,16H2,1-3H3/b20-10+/t23-,25+/m1/s1. The molecule has 33 heavy (non-hydrogen) atoms. The molecule has 2 aromatic carbocycles. The van der Waals surface area contributed by atoms with Crippen LogP contribution in [0.15, 0.2) is 54.1 Å². The van der Waals surface area contributed by atoms with E-state index in [1.165, 1.54) is 4.90 Å². The van der Waals surface area contributed by atoms with Crippen molar-refractivity contribution in [1.29, 1.82) is 10.5 Å². The summed E-state index contributed by atoms with van der Waals surface area (Å²) in [5, 5.41) is 18.7. The molecule has 1 amide bonds. The molecule has 1 saturated heterocycles. The number of nitrogens with zero attached hydrogens (tertiary/aromatic N) is 3. The van der Waals surface area contributed by atoms with Gasteiger partial charge in [0.25, 0.3) is 5.91 Å². The maximum Gasteiger partial charge on any atom is 0.264 e. The highest BCUT2D eigenvalue weighted by Gasteiger charge is 2.34. The zero-order valence-corrected chi connectivity index (χ0v) is 18.9. The fourth-order valence-corrected chi connectivity index (χ4v) is 3.81. The number of hydrogen-bond donors (Lipinski definition) is 0. The van der Waals surface area contributed by atoms with Gasteiger partial charge in [0.05, 0.1) is 25.3 Å². The van der Waals surface area contributed by atoms with Gasteiger partial charge < -0.3 is 14.4 Å². The lowest BCUT2D eigenvalue weighted by Crippen LogP contribution is -2.49. The van der Waals surface area contributed by atoms with Crippen LogP contribution < -0.4 is 9.47 Å². The molecule has 1 heterocycles. The Morgan fingerprint density at radius 2 is 2.00 bits per heavy atom. The van der Waals surface area contributed by atoms with Crippen molar-refractivity contribution in [2.75, 3.05) is 20.2 Å². The first-order valence-electron chi connectivity index (χ1n) is 10.8. The lowest BCUT2D eigenvalue weighted by atomic mass is 10.0. The predicted molar refractivity (Wildman–Crippen MR) is 122 cm³/mol. The number of ether oxygens (including phenoxy) is 2. The summed E-state index contributed by atoms with van der Waals surface area (Å²) in [4.78, 5) is 14.0. The number of methoxy groups -OCH3 is 1. The molecule has 1 fully saturated rings. The normalized spacial score (nSPS) is 18.4. The van der Waals surface area contributed by atoms with Crippen LogP contribution >= 0.6 is 0 Å². The van der Waals surface area contributed by atoms with Crippen LogP contribution in [-0.2, 0) is 4.79 Å². The van der Waals surface area contributed by atoms with E-state index in [2.05, 4.69) is 6.07 Å². The van der Waals surface area contributed by atoms with Gasteiger partial charge in [0.2, 0.25) is 0 Å². The van der Waals surface area contributed by atoms with Crippen molar-refractivity contribution >= 4 is 5.91 Å². The lowest BCUT2D eigenvalue weighted by Gasteiger charge is -2.34. The van der Waals surface area contributed by atoms with Crippen LogP contribution in [0.1, 0.15) is 25.8 Å². The number of likely N-dealkylation sites (tertiary alicyclic amines) is 1. The largest absolute Gasteiger partial charge is 0.496 e. The molecule has 7 heteroatoms. The van der Waals surface area contributed by atoms with Crippen molar-refractivity contribution in [3.05, 3.63) is 59.7 Å². The Balaban J connectivity index is 1.78. The number of piperidine rings is 1. The van der Waals surface area contributed by atoms with Gasteiger partial charge >= 0.3 is 0 Å². The number of allylic oxidation sites excluding steroid dienone is 1. The molecule has 0 unspecified atom stereocenters. The van der Waals surface area contributed by atoms with Crippen LogP contribution in [0.3, 0.4) is 0 Å². The van der Waals surface area contributed by atoms with Crippen molar-refractivity contribution in [1.82, 2.24) is 4.90 Å². The third-order valence-corrected chi connectivity index (χ3v) is 5.36. The highest BCUT2D eigenvalue weighted by Crippen LogP contribution is 2.34. The lowest BCUT2D eigenvalue weighted by molar-refractivity contribution is -0.130. The van der Waals surface area contributed by atoms with Gasteiger partial charge in [0, 0.05) is 18.5 Å². The second-order valence-electron chi connectivity index (χ2n) is 8.21. The SMILES string of the molecule is COc1ccccc1-c1cc(C#N)cc(O[C@H]2CCN(C(=O)/C(C#N)=C/C(C)C)C[C@H]2F)c1. The summed E-state index contributed by atoms with van der Waals surface area (Å²) in [7, 11) is 1.57. The Kier molecular flexibility index (Phi) is 7.69. The fraction of sp³-hybridized carbons (Fsp3) is 0.346. The van der Waals surface area contributed by atoms with Crippen LogP contribution in [0.4, 0.5) is 4.39 Å². The summed E-state index contributed by atoms with van der Waals surface area (Å²) in [6, 6.07) is 16.5. The van der Waals surface area contributed by atoms with Gasteiger partial charge in [0.1, 0.15) is 29.2 Å². The topological polar surface area (TPSA) is 86.3 Å². The molecule has 6 nitrogen and oxygen atoms in total. The maximum atomic E-state index is 15.0. The van der Waals surface area contributed by atoms with E-state index in [0.29, 0.717) is 17.1 Å². The van der Waals surface area contributed by atoms with Gasteiger partial charge in [-0.25, -0.2) is 4.39 Å². The van der Waals surface area contributed by atoms with Gasteiger partial charge in [-0.3, -0.25) is 4.79 Å². The van der Waals surface area contributed by atoms with Crippen LogP contribution in [0.2, 0.25) is 0 Å². The molecule has 2 aromatic rings. The minimum atomic E-state index is -1.43. The van der Waals surface area contributed by atoms with Gasteiger partial charge in [-0.2, -0.15) is 10.5 Å². The molecular weight excluding hydrogens is 421 g/mol. The van der Waals surface area contributed by atoms with Crippen LogP contribution in [0.5, 0.6) is 11.5 Å². The van der Waals surface area contributed by atoms with E-state index >= 15 is 0 Å². The van der Waals surface area contributed by atoms with Crippen molar-refractivity contribution in [2.45, 2.75) is 32.5 Å². The number of benzene rings is 2. The molecule has 0 spiro atoms. The Hall–Kier alpha value is -3.84. The van der Waals surface area contributed by atoms with Crippen LogP contribution in [0.25, 0.3) is 11.1 Å². The van der Waals surface area contributed by atoms with Crippen molar-refractivity contribution in [3.63, 3.8) is 0 Å². The van der Waals surface area contributed by atoms with E-state index in [9.17, 15) is 19.7 Å². The summed E-state index contributed by atoms with van der Waals surface area (Å²) in [5.74, 6) is 0.601. The van der Waals surface area contributed by atoms with E-state index in [1.807, 2.05) is 44.2 Å². The van der Waals surface area contributed by atoms with Gasteiger partial charge in [-0.05, 0) is 35.7 Å². The summed E-state index contributed by atoms with van der Waals surface area (Å²) >= 11 is 0. The minimum absolute atomic E-state index is 0.0275. The number of rotatable bonds is 6. The summed E-state index contributed by atoms with van der Waals surface area (Å²) in [6.07, 6.45) is -0.339. The predicted octanol–water partition coefficient (Wildman–Crippen LogP) is 4.66. The molecule has 0 aromatic heterocycles. The molecule has 0 aliphatic carbocycles. The van der Waals surface area contributed by atoms with E-state index in [4.69, 9.17) is 9.47 Å². The Morgan fingerprint density at radius 1 is 1.24 bits per heavy atom. The molecule has 170 valence electrons. The number of amides is 1. The number of carbonyl (C=O) groups is 1. The number of para-hydroxylation sites is 1. The van der Waals surface area contributed by atoms with E-state index in [-0.39, 0.29) is 31.0 Å². The van der Waals surface area contributed by atoms with Crippen molar-refractivity contribution < 1.29 is 18.7 Å². The first kappa shape index (κ1) is 23.8. The molecule has 0 saturated carbocycles. The molecule has 1 aliphatic rings. The zero-order chi connectivity index (χ0) is 24.0. The quantitative estimate of drug-likeness (QED) is 0.475. The fourth-order valence-electron chi connectivity index (χ4n) is 3.81. The van der Waals surface area contributed by atoms with Gasteiger partial charge in [-0.1, -0.05) is 38.1 Å². The summed E-state index contributed by atoms with van der Waals surface area (Å²) < 4.78 is 26.4. The number of alkyl halides is 1. The number of hydrogen-bond acceptors (Lipinski definition) is 5. The Morgan fingerprint density at radius 3 is 2.64 bits per heavy atom. The molecule has 1 aliphatic heterocycles. The van der Waals surface area contributed by atoms with E-state index in [0.717, 1.165) is 11.1 Å². The number of halogens is 1. The van der Waals surface area contributed by atoms with Gasteiger partial charge in [-0.15, -0.1) is 0 Å². The Labute approximate surface area is 193 Å². The second-order valence-corrected chi connectivity index (χ2v) is 8.21. The average Bonchev–Trinajstić information content (AvgIpc) is 2.82. The molecule has 0 radical (unpaired) electrons. The molecular formula is C26H26FN3O3. The van der Waals surface area contributed by atoms with Crippen LogP contribution in [0, 0.1) is 28.6 Å². The Bertz CT molecular complexity index is 1130. The number of carbonyl (C=O) groups excluding carboxylic acids is 1. The van der Waals surface area contributed by atoms with E-state index < -0.39 is 18.2 Å². The second kappa shape index (κ2) is 10.7. The zero-order valence-electron chi connectivity index (χ0n) is 18.9. The molecule has 3 rings (SSSR count). The maximum absolute atomic E-state index is 15.0. The monoisotopic (exact) mass is 447 g/mol. The molecule has 0 N–H and O–H groups in total. The highest BCUT2D eigenvalue weighted by atomic mass is 19.1. The third-order valence-electron chi connectivity index (χ3n) is 5.36. The summed E-state index contributed by atoms with van der Waals surface area (Å²) in [5.41, 5.74) is 1.93. The summed E-state index contributed by atoms with van der Waals surface area (Å²) in [6.45, 7) is 3.87. The van der Waals surface area contributed by atoms with Crippen LogP contribution in [-0.4, -0.2) is 43.3 Å². The van der Waals surface area contributed by atoms with Crippen molar-refractivity contribution in [2.24, 2.45) is 5.92 Å². The van der Waals surface area contributed by atoms with E-state index in [1.54, 1.807) is 31.4 Å². The first-order valence-corrected chi connectivity index (χ1v) is 10.8. The minimum Gasteiger partial charge on any atom is -0.496 e. The first-order chi connectivity index (χ1) is 15.9. The highest BCUT2D eigenvalue weighted by molar-refractivity contribution is 5.97. The average molecular weight is 448 g/mol. The van der Waals surface area contributed by atoms with Gasteiger partial charge in [0.15, 0.2) is 6.17 Å². The third kappa shape index (κ3) is 5.70. The smallest absolute Gasteiger partial charge is 0.264 e.